The smallest absolute Gasteiger partial charge is 0.336 e. The molecule has 1 aromatic rings. The molecule has 0 fully saturated rings. The van der Waals surface area contributed by atoms with Gasteiger partial charge in [-0.25, -0.2) is 4.79 Å². The van der Waals surface area contributed by atoms with Crippen LogP contribution in [0, 0.1) is 6.92 Å². The van der Waals surface area contributed by atoms with Crippen molar-refractivity contribution < 1.29 is 22.1 Å². The van der Waals surface area contributed by atoms with Gasteiger partial charge in [-0.3, -0.25) is 4.18 Å². The fraction of sp³-hybridized carbons (Fsp3) is 0.562. The van der Waals surface area contributed by atoms with Crippen LogP contribution in [0.4, 0.5) is 0 Å². The lowest BCUT2D eigenvalue weighted by molar-refractivity contribution is -0.151. The highest BCUT2D eigenvalue weighted by Gasteiger charge is 2.28. The van der Waals surface area contributed by atoms with Gasteiger partial charge in [0.05, 0.1) is 11.5 Å². The summed E-state index contributed by atoms with van der Waals surface area (Å²) in [5.41, 5.74) is 0.948. The highest BCUT2D eigenvalue weighted by molar-refractivity contribution is 7.86. The second-order valence-electron chi connectivity index (χ2n) is 5.10. The Labute approximate surface area is 132 Å². The molecular formula is C16H24O5S. The van der Waals surface area contributed by atoms with Gasteiger partial charge in [0.15, 0.2) is 6.10 Å². The maximum atomic E-state index is 12.3. The van der Waals surface area contributed by atoms with Crippen molar-refractivity contribution in [3.63, 3.8) is 0 Å². The van der Waals surface area contributed by atoms with Gasteiger partial charge in [-0.15, -0.1) is 0 Å². The van der Waals surface area contributed by atoms with E-state index in [2.05, 4.69) is 0 Å². The van der Waals surface area contributed by atoms with Gasteiger partial charge in [0, 0.05) is 0 Å². The molecule has 0 saturated carbocycles. The van der Waals surface area contributed by atoms with E-state index >= 15 is 0 Å². The van der Waals surface area contributed by atoms with Crippen molar-refractivity contribution in [2.75, 3.05) is 6.61 Å². The molecule has 0 unspecified atom stereocenters. The van der Waals surface area contributed by atoms with E-state index in [0.717, 1.165) is 18.4 Å². The maximum Gasteiger partial charge on any atom is 0.336 e. The predicted molar refractivity (Wildman–Crippen MR) is 84.0 cm³/mol. The molecule has 22 heavy (non-hydrogen) atoms. The van der Waals surface area contributed by atoms with E-state index < -0.39 is 22.2 Å². The van der Waals surface area contributed by atoms with Crippen LogP contribution in [0.5, 0.6) is 0 Å². The Morgan fingerprint density at radius 3 is 2.32 bits per heavy atom. The summed E-state index contributed by atoms with van der Waals surface area (Å²) in [6, 6.07) is 6.32. The lowest BCUT2D eigenvalue weighted by Crippen LogP contribution is -2.29. The topological polar surface area (TPSA) is 69.7 Å². The van der Waals surface area contributed by atoms with Crippen molar-refractivity contribution in [2.24, 2.45) is 0 Å². The predicted octanol–water partition coefficient (Wildman–Crippen LogP) is 3.21. The fourth-order valence-corrected chi connectivity index (χ4v) is 2.99. The minimum Gasteiger partial charge on any atom is -0.464 e. The summed E-state index contributed by atoms with van der Waals surface area (Å²) in [5.74, 6) is -0.630. The number of hydrogen-bond acceptors (Lipinski definition) is 5. The Morgan fingerprint density at radius 1 is 1.14 bits per heavy atom. The normalized spacial score (nSPS) is 12.9. The van der Waals surface area contributed by atoms with Gasteiger partial charge in [0.25, 0.3) is 10.1 Å². The molecule has 0 bridgehead atoms. The number of rotatable bonds is 9. The molecule has 0 saturated heterocycles. The third-order valence-electron chi connectivity index (χ3n) is 3.17. The van der Waals surface area contributed by atoms with Crippen LogP contribution in [0.15, 0.2) is 29.2 Å². The number of ether oxygens (including phenoxy) is 1. The van der Waals surface area contributed by atoms with Crippen LogP contribution in [0.2, 0.25) is 0 Å². The first-order valence-corrected chi connectivity index (χ1v) is 8.98. The molecular weight excluding hydrogens is 304 g/mol. The van der Waals surface area contributed by atoms with Crippen LogP contribution in [0.1, 0.15) is 45.1 Å². The Hall–Kier alpha value is -1.40. The van der Waals surface area contributed by atoms with E-state index in [-0.39, 0.29) is 11.5 Å². The highest BCUT2D eigenvalue weighted by atomic mass is 32.2. The first-order chi connectivity index (χ1) is 10.4. The number of carbonyl (C=O) groups excluding carboxylic acids is 1. The zero-order valence-corrected chi connectivity index (χ0v) is 14.2. The summed E-state index contributed by atoms with van der Waals surface area (Å²) < 4.78 is 34.6. The van der Waals surface area contributed by atoms with Gasteiger partial charge in [-0.2, -0.15) is 8.42 Å². The van der Waals surface area contributed by atoms with E-state index in [1.165, 1.54) is 12.1 Å². The molecule has 0 aliphatic rings. The Bertz CT molecular complexity index is 563. The van der Waals surface area contributed by atoms with E-state index in [1.54, 1.807) is 19.1 Å². The van der Waals surface area contributed by atoms with Crippen LogP contribution in [0.3, 0.4) is 0 Å². The van der Waals surface area contributed by atoms with Gasteiger partial charge in [0.2, 0.25) is 0 Å². The molecule has 0 spiro atoms. The molecule has 6 heteroatoms. The molecule has 124 valence electrons. The largest absolute Gasteiger partial charge is 0.464 e. The third kappa shape index (κ3) is 5.77. The minimum absolute atomic E-state index is 0.0443. The first kappa shape index (κ1) is 18.6. The van der Waals surface area contributed by atoms with Gasteiger partial charge >= 0.3 is 5.97 Å². The zero-order chi connectivity index (χ0) is 16.6. The lowest BCUT2D eigenvalue weighted by atomic mass is 10.1. The lowest BCUT2D eigenvalue weighted by Gasteiger charge is -2.16. The van der Waals surface area contributed by atoms with E-state index in [0.29, 0.717) is 12.8 Å². The molecule has 1 aromatic carbocycles. The molecule has 0 aliphatic carbocycles. The van der Waals surface area contributed by atoms with E-state index in [4.69, 9.17) is 8.92 Å². The quantitative estimate of drug-likeness (QED) is 0.395. The summed E-state index contributed by atoms with van der Waals surface area (Å²) in [4.78, 5) is 11.9. The first-order valence-electron chi connectivity index (χ1n) is 7.57. The Balaban J connectivity index is 2.86. The van der Waals surface area contributed by atoms with E-state index in [9.17, 15) is 13.2 Å². The Morgan fingerprint density at radius 2 is 1.77 bits per heavy atom. The minimum atomic E-state index is -3.98. The molecule has 0 aromatic heterocycles. The van der Waals surface area contributed by atoms with Gasteiger partial charge < -0.3 is 4.74 Å². The monoisotopic (exact) mass is 328 g/mol. The third-order valence-corrected chi connectivity index (χ3v) is 4.51. The number of aryl methyl sites for hydroxylation is 1. The van der Waals surface area contributed by atoms with Crippen LogP contribution >= 0.6 is 0 Å². The molecule has 0 amide bonds. The van der Waals surface area contributed by atoms with Crippen molar-refractivity contribution in [3.8, 4) is 0 Å². The summed E-state index contributed by atoms with van der Waals surface area (Å²) in [5, 5.41) is 0. The number of unbranched alkanes of at least 4 members (excludes halogenated alkanes) is 2. The average Bonchev–Trinajstić information content (AvgIpc) is 2.47. The molecule has 0 N–H and O–H groups in total. The number of hydrogen-bond donors (Lipinski definition) is 0. The van der Waals surface area contributed by atoms with Gasteiger partial charge in [0.1, 0.15) is 0 Å². The SMILES string of the molecule is CCCCC[C@@H](OS(=O)(=O)c1ccc(C)cc1)C(=O)OCC. The Kier molecular flexibility index (Phi) is 7.55. The average molecular weight is 328 g/mol. The number of benzene rings is 1. The standard InChI is InChI=1S/C16H24O5S/c1-4-6-7-8-15(16(17)20-5-2)21-22(18,19)14-11-9-13(3)10-12-14/h9-12,15H,4-8H2,1-3H3/t15-/m1/s1. The van der Waals surface area contributed by atoms with Crippen molar-refractivity contribution >= 4 is 16.1 Å². The molecule has 5 nitrogen and oxygen atoms in total. The van der Waals surface area contributed by atoms with E-state index in [1.807, 2.05) is 13.8 Å². The number of carbonyl (C=O) groups is 1. The molecule has 0 heterocycles. The molecule has 1 atom stereocenters. The summed E-state index contributed by atoms with van der Waals surface area (Å²) in [6.45, 7) is 5.76. The van der Waals surface area contributed by atoms with Crippen LogP contribution in [-0.2, 0) is 23.8 Å². The second kappa shape index (κ2) is 8.90. The summed E-state index contributed by atoms with van der Waals surface area (Å²) in [6.07, 6.45) is 1.84. The second-order valence-corrected chi connectivity index (χ2v) is 6.67. The van der Waals surface area contributed by atoms with Crippen molar-refractivity contribution in [3.05, 3.63) is 29.8 Å². The summed E-state index contributed by atoms with van der Waals surface area (Å²) in [7, 11) is -3.98. The van der Waals surface area contributed by atoms with Crippen LogP contribution < -0.4 is 0 Å². The van der Waals surface area contributed by atoms with Crippen LogP contribution in [-0.4, -0.2) is 27.1 Å². The highest BCUT2D eigenvalue weighted by Crippen LogP contribution is 2.18. The summed E-state index contributed by atoms with van der Waals surface area (Å²) >= 11 is 0. The maximum absolute atomic E-state index is 12.3. The van der Waals surface area contributed by atoms with Crippen molar-refractivity contribution in [2.45, 2.75) is 57.5 Å². The number of esters is 1. The molecule has 0 aliphatic heterocycles. The molecule has 0 radical (unpaired) electrons. The fourth-order valence-electron chi connectivity index (χ4n) is 1.93. The van der Waals surface area contributed by atoms with Gasteiger partial charge in [-0.05, 0) is 32.4 Å². The van der Waals surface area contributed by atoms with Crippen molar-refractivity contribution in [1.29, 1.82) is 0 Å². The van der Waals surface area contributed by atoms with Crippen LogP contribution in [0.25, 0.3) is 0 Å². The molecule has 1 rings (SSSR count). The van der Waals surface area contributed by atoms with Gasteiger partial charge in [-0.1, -0.05) is 43.9 Å². The zero-order valence-electron chi connectivity index (χ0n) is 13.4. The van der Waals surface area contributed by atoms with Crippen molar-refractivity contribution in [1.82, 2.24) is 0 Å².